The number of benzene rings is 3. The van der Waals surface area contributed by atoms with Gasteiger partial charge in [-0.2, -0.15) is 0 Å². The van der Waals surface area contributed by atoms with Crippen molar-refractivity contribution in [2.24, 2.45) is 5.92 Å². The number of halogens is 1. The molecule has 1 nitrogen and oxygen atoms in total. The van der Waals surface area contributed by atoms with Gasteiger partial charge >= 0.3 is 18.9 Å². The fraction of sp³-hybridized carbons (Fsp3) is 0.241. The molecule has 0 radical (unpaired) electrons. The van der Waals surface area contributed by atoms with Crippen LogP contribution in [-0.4, -0.2) is 6.10 Å². The van der Waals surface area contributed by atoms with E-state index in [-0.39, 0.29) is 25.0 Å². The third-order valence-electron chi connectivity index (χ3n) is 6.06. The van der Waals surface area contributed by atoms with E-state index in [9.17, 15) is 0 Å². The maximum atomic E-state index is 7.19. The molecule has 3 aromatic carbocycles. The zero-order valence-electron chi connectivity index (χ0n) is 18.7. The molecule has 0 fully saturated rings. The van der Waals surface area contributed by atoms with Crippen molar-refractivity contribution in [3.05, 3.63) is 130 Å². The summed E-state index contributed by atoms with van der Waals surface area (Å²) in [6, 6.07) is 31.8. The monoisotopic (exact) mass is 526 g/mol. The van der Waals surface area contributed by atoms with Crippen LogP contribution in [0.4, 0.5) is 0 Å². The molecule has 0 spiro atoms. The fourth-order valence-corrected chi connectivity index (χ4v) is 4.97. The minimum atomic E-state index is -0.692. The van der Waals surface area contributed by atoms with Crippen molar-refractivity contribution in [1.82, 2.24) is 0 Å². The number of hydrogen-bond acceptors (Lipinski definition) is 1. The van der Waals surface area contributed by atoms with Gasteiger partial charge in [0.05, 0.1) is 0 Å². The third kappa shape index (κ3) is 5.86. The van der Waals surface area contributed by atoms with Crippen LogP contribution in [0.2, 0.25) is 0 Å². The first-order valence-electron chi connectivity index (χ1n) is 11.0. The zero-order chi connectivity index (χ0) is 21.4. The summed E-state index contributed by atoms with van der Waals surface area (Å²) in [6.07, 6.45) is 11.2. The molecule has 1 aliphatic carbocycles. The standard InChI is InChI=1S/C29H28IO.Li/c30-22-21-28(23-24-13-5-1-6-14-24)31-29(25-15-7-2-8-16-25,26-17-9-3-10-18-26)27-19-11-4-12-20-27;/h1-5,7-12,15-21,24,28H,6,13-14,23H2;/q-1;+1. The zero-order valence-corrected chi connectivity index (χ0v) is 20.8. The van der Waals surface area contributed by atoms with Crippen molar-refractivity contribution in [3.8, 4) is 0 Å². The van der Waals surface area contributed by atoms with Crippen molar-refractivity contribution in [2.75, 3.05) is 0 Å². The third-order valence-corrected chi connectivity index (χ3v) is 6.42. The van der Waals surface area contributed by atoms with Crippen molar-refractivity contribution in [1.29, 1.82) is 0 Å². The van der Waals surface area contributed by atoms with Crippen molar-refractivity contribution in [2.45, 2.75) is 37.4 Å². The van der Waals surface area contributed by atoms with Gasteiger partial charge in [0, 0.05) is 6.10 Å². The number of hydrogen-bond donors (Lipinski definition) is 0. The van der Waals surface area contributed by atoms with Crippen LogP contribution >= 0.6 is 22.6 Å². The second kappa shape index (κ2) is 12.6. The van der Waals surface area contributed by atoms with E-state index in [1.165, 1.54) is 6.42 Å². The first-order valence-corrected chi connectivity index (χ1v) is 12.1. The van der Waals surface area contributed by atoms with Crippen LogP contribution in [0, 0.1) is 10.0 Å². The molecule has 0 amide bonds. The van der Waals surface area contributed by atoms with Gasteiger partial charge < -0.3 is 31.4 Å². The molecule has 0 heterocycles. The summed E-state index contributed by atoms with van der Waals surface area (Å²) in [5.74, 6) is 0.635. The minimum Gasteiger partial charge on any atom is -0.427 e. The van der Waals surface area contributed by atoms with Crippen molar-refractivity contribution < 1.29 is 23.6 Å². The molecule has 0 saturated carbocycles. The Labute approximate surface area is 218 Å². The molecule has 0 aliphatic heterocycles. The second-order valence-electron chi connectivity index (χ2n) is 8.10. The summed E-state index contributed by atoms with van der Waals surface area (Å²) < 4.78 is 10.4. The molecule has 2 unspecified atom stereocenters. The summed E-state index contributed by atoms with van der Waals surface area (Å²) in [5.41, 5.74) is 2.73. The molecular weight excluding hydrogens is 498 g/mol. The van der Waals surface area contributed by atoms with E-state index in [1.807, 2.05) is 0 Å². The van der Waals surface area contributed by atoms with E-state index in [0.717, 1.165) is 36.0 Å². The Kier molecular flexibility index (Phi) is 9.87. The van der Waals surface area contributed by atoms with Crippen LogP contribution in [0.1, 0.15) is 42.4 Å². The quantitative estimate of drug-likeness (QED) is 0.134. The van der Waals surface area contributed by atoms with Gasteiger partial charge in [0.1, 0.15) is 5.60 Å². The normalized spacial score (nSPS) is 17.1. The SMILES string of the molecule is I[C-]=CC(CC1CC=CCC1)OC(c1ccccc1)(c1ccccc1)c1ccccc1.[Li+]. The summed E-state index contributed by atoms with van der Waals surface area (Å²) in [7, 11) is 0. The van der Waals surface area contributed by atoms with E-state index >= 15 is 0 Å². The number of rotatable bonds is 8. The molecule has 0 saturated heterocycles. The van der Waals surface area contributed by atoms with Crippen molar-refractivity contribution in [3.63, 3.8) is 0 Å². The molecule has 0 bridgehead atoms. The van der Waals surface area contributed by atoms with Gasteiger partial charge in [0.15, 0.2) is 0 Å². The maximum absolute atomic E-state index is 7.19. The molecule has 2 atom stereocenters. The predicted molar refractivity (Wildman–Crippen MR) is 137 cm³/mol. The van der Waals surface area contributed by atoms with Gasteiger partial charge in [-0.1, -0.05) is 103 Å². The first-order chi connectivity index (χ1) is 15.3. The van der Waals surface area contributed by atoms with Crippen LogP contribution in [0.3, 0.4) is 0 Å². The van der Waals surface area contributed by atoms with E-state index < -0.39 is 5.60 Å². The van der Waals surface area contributed by atoms with E-state index in [2.05, 4.69) is 136 Å². The van der Waals surface area contributed by atoms with Crippen molar-refractivity contribution >= 4 is 22.6 Å². The fourth-order valence-electron chi connectivity index (χ4n) is 4.57. The van der Waals surface area contributed by atoms with E-state index in [0.29, 0.717) is 5.92 Å². The van der Waals surface area contributed by atoms with Crippen LogP contribution in [0.5, 0.6) is 0 Å². The van der Waals surface area contributed by atoms with Crippen LogP contribution < -0.4 is 18.9 Å². The molecule has 3 heteroatoms. The molecule has 1 aliphatic rings. The maximum Gasteiger partial charge on any atom is 1.00 e. The predicted octanol–water partition coefficient (Wildman–Crippen LogP) is 4.87. The van der Waals surface area contributed by atoms with Crippen LogP contribution in [0.15, 0.2) is 109 Å². The Balaban J connectivity index is 0.00000289. The Morgan fingerprint density at radius 2 is 1.34 bits per heavy atom. The smallest absolute Gasteiger partial charge is 0.427 e. The van der Waals surface area contributed by atoms with Crippen LogP contribution in [-0.2, 0) is 10.3 Å². The van der Waals surface area contributed by atoms with Gasteiger partial charge in [-0.15, -0.1) is 0 Å². The minimum absolute atomic E-state index is 0. The summed E-state index contributed by atoms with van der Waals surface area (Å²) >= 11 is 2.19. The largest absolute Gasteiger partial charge is 1.00 e. The Bertz CT molecular complexity index is 889. The second-order valence-corrected chi connectivity index (χ2v) is 8.72. The molecule has 0 aromatic heterocycles. The average molecular weight is 526 g/mol. The summed E-state index contributed by atoms with van der Waals surface area (Å²) in [4.78, 5) is 0. The van der Waals surface area contributed by atoms with E-state index in [4.69, 9.17) is 4.74 Å². The molecule has 3 aromatic rings. The molecular formula is C29H28ILiO. The van der Waals surface area contributed by atoms with Gasteiger partial charge in [-0.25, -0.2) is 6.08 Å². The van der Waals surface area contributed by atoms with Gasteiger partial charge in [0.25, 0.3) is 0 Å². The molecule has 158 valence electrons. The van der Waals surface area contributed by atoms with E-state index in [1.54, 1.807) is 0 Å². The first kappa shape index (κ1) is 25.1. The average Bonchev–Trinajstić information content (AvgIpc) is 2.85. The Hall–Kier alpha value is -1.57. The number of ether oxygens (including phenoxy) is 1. The summed E-state index contributed by atoms with van der Waals surface area (Å²) in [5, 5.41) is 0. The topological polar surface area (TPSA) is 9.23 Å². The van der Waals surface area contributed by atoms with Gasteiger partial charge in [-0.05, 0) is 48.3 Å². The Morgan fingerprint density at radius 1 is 0.844 bits per heavy atom. The molecule has 4 rings (SSSR count). The Morgan fingerprint density at radius 3 is 1.75 bits per heavy atom. The summed E-state index contributed by atoms with van der Waals surface area (Å²) in [6.45, 7) is 0. The van der Waals surface area contributed by atoms with Gasteiger partial charge in [0.2, 0.25) is 0 Å². The number of allylic oxidation sites excluding steroid dienone is 2. The van der Waals surface area contributed by atoms with Crippen LogP contribution in [0.25, 0.3) is 0 Å². The molecule has 0 N–H and O–H groups in total. The molecule has 32 heavy (non-hydrogen) atoms. The van der Waals surface area contributed by atoms with Gasteiger partial charge in [-0.3, -0.25) is 0 Å².